The summed E-state index contributed by atoms with van der Waals surface area (Å²) in [4.78, 5) is 16.0. The molecule has 2 rings (SSSR count). The lowest BCUT2D eigenvalue weighted by atomic mass is 10.3. The van der Waals surface area contributed by atoms with E-state index in [2.05, 4.69) is 10.3 Å². The van der Waals surface area contributed by atoms with E-state index >= 15 is 0 Å². The highest BCUT2D eigenvalue weighted by Crippen LogP contribution is 2.23. The van der Waals surface area contributed by atoms with Crippen molar-refractivity contribution in [2.45, 2.75) is 13.3 Å². The Morgan fingerprint density at radius 1 is 1.33 bits per heavy atom. The van der Waals surface area contributed by atoms with E-state index in [1.807, 2.05) is 12.3 Å². The summed E-state index contributed by atoms with van der Waals surface area (Å²) in [6.45, 7) is 2.41. The lowest BCUT2D eigenvalue weighted by Gasteiger charge is -2.07. The first-order valence-electron chi connectivity index (χ1n) is 6.29. The number of aromatic nitrogens is 1. The fourth-order valence-corrected chi connectivity index (χ4v) is 2.82. The van der Waals surface area contributed by atoms with Crippen molar-refractivity contribution in [1.82, 2.24) is 10.3 Å². The maximum Gasteiger partial charge on any atom is 0.257 e. The number of aryl methyl sites for hydroxylation is 1. The number of rotatable bonds is 6. The predicted molar refractivity (Wildman–Crippen MR) is 85.5 cm³/mol. The second-order valence-corrected chi connectivity index (χ2v) is 6.29. The Morgan fingerprint density at radius 3 is 2.67 bits per heavy atom. The van der Waals surface area contributed by atoms with Gasteiger partial charge in [0.05, 0.1) is 10.7 Å². The van der Waals surface area contributed by atoms with Gasteiger partial charge in [0.2, 0.25) is 0 Å². The van der Waals surface area contributed by atoms with Crippen LogP contribution < -0.4 is 10.1 Å². The van der Waals surface area contributed by atoms with Crippen LogP contribution in [-0.2, 0) is 11.2 Å². The Hall–Kier alpha value is -1.30. The third-order valence-electron chi connectivity index (χ3n) is 2.58. The molecule has 0 unspecified atom stereocenters. The molecule has 0 fully saturated rings. The molecule has 112 valence electrons. The topological polar surface area (TPSA) is 51.2 Å². The van der Waals surface area contributed by atoms with Gasteiger partial charge in [-0.2, -0.15) is 0 Å². The molecule has 1 aromatic carbocycles. The zero-order chi connectivity index (χ0) is 15.2. The van der Waals surface area contributed by atoms with Crippen molar-refractivity contribution in [3.05, 3.63) is 44.3 Å². The summed E-state index contributed by atoms with van der Waals surface area (Å²) in [7, 11) is 0. The van der Waals surface area contributed by atoms with Gasteiger partial charge in [0, 0.05) is 28.4 Å². The third kappa shape index (κ3) is 5.53. The van der Waals surface area contributed by atoms with Crippen LogP contribution in [0.1, 0.15) is 10.7 Å². The van der Waals surface area contributed by atoms with Gasteiger partial charge in [-0.1, -0.05) is 23.2 Å². The summed E-state index contributed by atoms with van der Waals surface area (Å²) < 4.78 is 5.34. The Labute approximate surface area is 137 Å². The van der Waals surface area contributed by atoms with Crippen LogP contribution >= 0.6 is 34.5 Å². The van der Waals surface area contributed by atoms with Gasteiger partial charge in [0.1, 0.15) is 5.75 Å². The fourth-order valence-electron chi connectivity index (χ4n) is 1.66. The molecule has 1 amide bonds. The minimum Gasteiger partial charge on any atom is -0.484 e. The lowest BCUT2D eigenvalue weighted by Crippen LogP contribution is -2.30. The first-order chi connectivity index (χ1) is 10.0. The highest BCUT2D eigenvalue weighted by molar-refractivity contribution is 7.09. The molecule has 0 spiro atoms. The number of benzene rings is 1. The van der Waals surface area contributed by atoms with E-state index in [9.17, 15) is 4.79 Å². The molecule has 2 aromatic rings. The maximum atomic E-state index is 11.7. The van der Waals surface area contributed by atoms with E-state index in [1.54, 1.807) is 29.5 Å². The van der Waals surface area contributed by atoms with Gasteiger partial charge in [-0.15, -0.1) is 11.3 Å². The van der Waals surface area contributed by atoms with E-state index < -0.39 is 0 Å². The van der Waals surface area contributed by atoms with Crippen LogP contribution in [-0.4, -0.2) is 24.0 Å². The van der Waals surface area contributed by atoms with Crippen molar-refractivity contribution >= 4 is 40.4 Å². The molecule has 0 saturated carbocycles. The highest BCUT2D eigenvalue weighted by Gasteiger charge is 2.05. The first-order valence-corrected chi connectivity index (χ1v) is 7.93. The Balaban J connectivity index is 1.72. The number of carbonyl (C=O) groups excluding carboxylic acids is 1. The molecule has 0 aliphatic rings. The molecule has 4 nitrogen and oxygen atoms in total. The lowest BCUT2D eigenvalue weighted by molar-refractivity contribution is -0.123. The fraction of sp³-hybridized carbons (Fsp3) is 0.286. The molecule has 0 saturated heterocycles. The van der Waals surface area contributed by atoms with Crippen LogP contribution in [0.5, 0.6) is 5.75 Å². The van der Waals surface area contributed by atoms with Crippen LogP contribution in [0, 0.1) is 6.92 Å². The standard InChI is InChI=1S/C14H14Cl2N2O2S/c1-9-18-12(8-21-9)2-3-17-14(19)7-20-13-5-10(15)4-11(16)6-13/h4-6,8H,2-3,7H2,1H3,(H,17,19). The van der Waals surface area contributed by atoms with Crippen molar-refractivity contribution < 1.29 is 9.53 Å². The smallest absolute Gasteiger partial charge is 0.257 e. The number of ether oxygens (including phenoxy) is 1. The summed E-state index contributed by atoms with van der Waals surface area (Å²) in [6.07, 6.45) is 0.707. The zero-order valence-electron chi connectivity index (χ0n) is 11.4. The molecule has 21 heavy (non-hydrogen) atoms. The van der Waals surface area contributed by atoms with E-state index in [4.69, 9.17) is 27.9 Å². The Kier molecular flexibility index (Phi) is 5.85. The van der Waals surface area contributed by atoms with Crippen LogP contribution in [0.25, 0.3) is 0 Å². The van der Waals surface area contributed by atoms with Crippen molar-refractivity contribution in [2.24, 2.45) is 0 Å². The van der Waals surface area contributed by atoms with E-state index in [0.29, 0.717) is 28.8 Å². The number of hydrogen-bond donors (Lipinski definition) is 1. The first kappa shape index (κ1) is 16.1. The summed E-state index contributed by atoms with van der Waals surface area (Å²) in [5.41, 5.74) is 0.986. The quantitative estimate of drug-likeness (QED) is 0.872. The molecule has 1 heterocycles. The maximum absolute atomic E-state index is 11.7. The van der Waals surface area contributed by atoms with Crippen LogP contribution in [0.15, 0.2) is 23.6 Å². The Morgan fingerprint density at radius 2 is 2.05 bits per heavy atom. The van der Waals surface area contributed by atoms with Crippen molar-refractivity contribution in [3.63, 3.8) is 0 Å². The van der Waals surface area contributed by atoms with Crippen molar-refractivity contribution in [3.8, 4) is 5.75 Å². The summed E-state index contributed by atoms with van der Waals surface area (Å²) in [5.74, 6) is 0.274. The number of carbonyl (C=O) groups is 1. The van der Waals surface area contributed by atoms with Gasteiger partial charge < -0.3 is 10.1 Å². The molecule has 0 bridgehead atoms. The molecule has 0 aliphatic carbocycles. The molecular weight excluding hydrogens is 331 g/mol. The molecule has 0 radical (unpaired) electrons. The van der Waals surface area contributed by atoms with Crippen LogP contribution in [0.3, 0.4) is 0 Å². The highest BCUT2D eigenvalue weighted by atomic mass is 35.5. The monoisotopic (exact) mass is 344 g/mol. The SMILES string of the molecule is Cc1nc(CCNC(=O)COc2cc(Cl)cc(Cl)c2)cs1. The number of thiazole rings is 1. The van der Waals surface area contributed by atoms with E-state index in [-0.39, 0.29) is 12.5 Å². The summed E-state index contributed by atoms with van der Waals surface area (Å²) >= 11 is 13.3. The average molecular weight is 345 g/mol. The van der Waals surface area contributed by atoms with Gasteiger partial charge in [-0.3, -0.25) is 4.79 Å². The molecule has 1 N–H and O–H groups in total. The number of halogens is 2. The van der Waals surface area contributed by atoms with Gasteiger partial charge in [-0.25, -0.2) is 4.98 Å². The molecule has 0 atom stereocenters. The molecular formula is C14H14Cl2N2O2S. The zero-order valence-corrected chi connectivity index (χ0v) is 13.7. The Bertz CT molecular complexity index is 611. The second-order valence-electron chi connectivity index (χ2n) is 4.35. The largest absolute Gasteiger partial charge is 0.484 e. The molecule has 0 aliphatic heterocycles. The number of amides is 1. The van der Waals surface area contributed by atoms with Gasteiger partial charge in [0.25, 0.3) is 5.91 Å². The second kappa shape index (κ2) is 7.64. The third-order valence-corrected chi connectivity index (χ3v) is 3.83. The van der Waals surface area contributed by atoms with Crippen molar-refractivity contribution in [1.29, 1.82) is 0 Å². The van der Waals surface area contributed by atoms with Crippen LogP contribution in [0.4, 0.5) is 0 Å². The van der Waals surface area contributed by atoms with Crippen LogP contribution in [0.2, 0.25) is 10.0 Å². The van der Waals surface area contributed by atoms with Gasteiger partial charge in [-0.05, 0) is 25.1 Å². The predicted octanol–water partition coefficient (Wildman–Crippen LogP) is 3.50. The molecule has 7 heteroatoms. The summed E-state index contributed by atoms with van der Waals surface area (Å²) in [6, 6.07) is 4.82. The van der Waals surface area contributed by atoms with E-state index in [1.165, 1.54) is 0 Å². The molecule has 1 aromatic heterocycles. The average Bonchev–Trinajstić information content (AvgIpc) is 2.81. The number of hydrogen-bond acceptors (Lipinski definition) is 4. The number of nitrogens with one attached hydrogen (secondary N) is 1. The van der Waals surface area contributed by atoms with Crippen molar-refractivity contribution in [2.75, 3.05) is 13.2 Å². The van der Waals surface area contributed by atoms with E-state index in [0.717, 1.165) is 10.7 Å². The normalized spacial score (nSPS) is 10.4. The van der Waals surface area contributed by atoms with Gasteiger partial charge in [0.15, 0.2) is 6.61 Å². The minimum atomic E-state index is -0.196. The van der Waals surface area contributed by atoms with Gasteiger partial charge >= 0.3 is 0 Å². The summed E-state index contributed by atoms with van der Waals surface area (Å²) in [5, 5.41) is 6.73. The minimum absolute atomic E-state index is 0.0766. The number of nitrogens with zero attached hydrogens (tertiary/aromatic N) is 1.